The number of aryl methyl sites for hydroxylation is 1. The van der Waals surface area contributed by atoms with E-state index in [0.29, 0.717) is 11.4 Å². The lowest BCUT2D eigenvalue weighted by Crippen LogP contribution is -2.15. The third-order valence-electron chi connectivity index (χ3n) is 3.19. The lowest BCUT2D eigenvalue weighted by atomic mass is 10.2. The highest BCUT2D eigenvalue weighted by Crippen LogP contribution is 2.29. The standard InChI is InChI=1S/C16H17FN2O4S/c1-10-8-12(17)4-7-16(10)24(21,22)19-13-5-6-15(23-3)14(9-13)18-11(2)20/h4-9,19H,1-3H3,(H,18,20). The van der Waals surface area contributed by atoms with Crippen molar-refractivity contribution in [2.45, 2.75) is 18.7 Å². The molecule has 0 bridgehead atoms. The first-order valence-electron chi connectivity index (χ1n) is 6.97. The van der Waals surface area contributed by atoms with Crippen LogP contribution in [0.1, 0.15) is 12.5 Å². The Morgan fingerprint density at radius 3 is 2.46 bits per heavy atom. The highest BCUT2D eigenvalue weighted by Gasteiger charge is 2.18. The molecular weight excluding hydrogens is 335 g/mol. The fourth-order valence-corrected chi connectivity index (χ4v) is 3.46. The maximum atomic E-state index is 13.2. The molecule has 0 aliphatic rings. The Morgan fingerprint density at radius 2 is 1.88 bits per heavy atom. The van der Waals surface area contributed by atoms with Crippen LogP contribution >= 0.6 is 0 Å². The van der Waals surface area contributed by atoms with Crippen LogP contribution in [0.4, 0.5) is 15.8 Å². The van der Waals surface area contributed by atoms with Gasteiger partial charge in [0.1, 0.15) is 11.6 Å². The molecule has 0 aliphatic carbocycles. The number of anilines is 2. The van der Waals surface area contributed by atoms with Gasteiger partial charge in [-0.1, -0.05) is 0 Å². The predicted molar refractivity (Wildman–Crippen MR) is 89.2 cm³/mol. The summed E-state index contributed by atoms with van der Waals surface area (Å²) in [4.78, 5) is 11.2. The second-order valence-electron chi connectivity index (χ2n) is 5.11. The summed E-state index contributed by atoms with van der Waals surface area (Å²) in [6.07, 6.45) is 0. The van der Waals surface area contributed by atoms with Crippen molar-refractivity contribution < 1.29 is 22.3 Å². The highest BCUT2D eigenvalue weighted by molar-refractivity contribution is 7.92. The van der Waals surface area contributed by atoms with Crippen molar-refractivity contribution >= 4 is 27.3 Å². The van der Waals surface area contributed by atoms with Crippen LogP contribution in [0.25, 0.3) is 0 Å². The van der Waals surface area contributed by atoms with Crippen LogP contribution < -0.4 is 14.8 Å². The first kappa shape index (κ1) is 17.7. The highest BCUT2D eigenvalue weighted by atomic mass is 32.2. The summed E-state index contributed by atoms with van der Waals surface area (Å²) in [5.74, 6) is -0.433. The summed E-state index contributed by atoms with van der Waals surface area (Å²) in [5.41, 5.74) is 0.863. The molecule has 2 aromatic rings. The molecule has 128 valence electrons. The summed E-state index contributed by atoms with van der Waals surface area (Å²) < 4.78 is 45.6. The van der Waals surface area contributed by atoms with Crippen molar-refractivity contribution in [2.24, 2.45) is 0 Å². The van der Waals surface area contributed by atoms with Crippen LogP contribution in [-0.4, -0.2) is 21.4 Å². The van der Waals surface area contributed by atoms with Crippen LogP contribution in [0.5, 0.6) is 5.75 Å². The van der Waals surface area contributed by atoms with E-state index in [1.54, 1.807) is 0 Å². The quantitative estimate of drug-likeness (QED) is 0.866. The summed E-state index contributed by atoms with van der Waals surface area (Å²) in [6.45, 7) is 2.84. The van der Waals surface area contributed by atoms with Crippen LogP contribution in [0, 0.1) is 12.7 Å². The third-order valence-corrected chi connectivity index (χ3v) is 4.73. The Kier molecular flexibility index (Phi) is 5.08. The largest absolute Gasteiger partial charge is 0.495 e. The number of benzene rings is 2. The van der Waals surface area contributed by atoms with Gasteiger partial charge in [0.2, 0.25) is 5.91 Å². The lowest BCUT2D eigenvalue weighted by molar-refractivity contribution is -0.114. The number of carbonyl (C=O) groups is 1. The topological polar surface area (TPSA) is 84.5 Å². The molecule has 0 unspecified atom stereocenters. The van der Waals surface area contributed by atoms with Crippen molar-refractivity contribution in [2.75, 3.05) is 17.1 Å². The van der Waals surface area contributed by atoms with Crippen molar-refractivity contribution in [3.05, 3.63) is 47.8 Å². The number of carbonyl (C=O) groups excluding carboxylic acids is 1. The molecular formula is C16H17FN2O4S. The molecule has 0 atom stereocenters. The molecule has 0 spiro atoms. The normalized spacial score (nSPS) is 11.0. The summed E-state index contributed by atoms with van der Waals surface area (Å²) in [6, 6.07) is 7.90. The van der Waals surface area contributed by atoms with Crippen molar-refractivity contribution in [3.8, 4) is 5.75 Å². The molecule has 2 aromatic carbocycles. The molecule has 0 aliphatic heterocycles. The smallest absolute Gasteiger partial charge is 0.262 e. The number of nitrogens with one attached hydrogen (secondary N) is 2. The van der Waals surface area contributed by atoms with Crippen molar-refractivity contribution in [1.82, 2.24) is 0 Å². The summed E-state index contributed by atoms with van der Waals surface area (Å²) in [5, 5.41) is 2.56. The first-order chi connectivity index (χ1) is 11.2. The summed E-state index contributed by atoms with van der Waals surface area (Å²) >= 11 is 0. The van der Waals surface area contributed by atoms with Crippen LogP contribution in [0.2, 0.25) is 0 Å². The zero-order valence-electron chi connectivity index (χ0n) is 13.4. The van der Waals surface area contributed by atoms with Gasteiger partial charge in [-0.3, -0.25) is 9.52 Å². The molecule has 0 fully saturated rings. The van der Waals surface area contributed by atoms with Crippen LogP contribution in [0.15, 0.2) is 41.3 Å². The Hall–Kier alpha value is -2.61. The number of sulfonamides is 1. The number of hydrogen-bond donors (Lipinski definition) is 2. The van der Waals surface area contributed by atoms with E-state index in [4.69, 9.17) is 4.74 Å². The van der Waals surface area contributed by atoms with E-state index in [0.717, 1.165) is 12.1 Å². The van der Waals surface area contributed by atoms with Crippen molar-refractivity contribution in [3.63, 3.8) is 0 Å². The zero-order valence-corrected chi connectivity index (χ0v) is 14.2. The van der Waals surface area contributed by atoms with Gasteiger partial charge < -0.3 is 10.1 Å². The van der Waals surface area contributed by atoms with Gasteiger partial charge in [0.25, 0.3) is 10.0 Å². The van der Waals surface area contributed by atoms with Gasteiger partial charge in [-0.25, -0.2) is 12.8 Å². The first-order valence-corrected chi connectivity index (χ1v) is 8.46. The second kappa shape index (κ2) is 6.88. The van der Waals surface area contributed by atoms with E-state index in [2.05, 4.69) is 10.0 Å². The van der Waals surface area contributed by atoms with Gasteiger partial charge in [0, 0.05) is 6.92 Å². The van der Waals surface area contributed by atoms with Gasteiger partial charge in [-0.15, -0.1) is 0 Å². The number of amides is 1. The van der Waals surface area contributed by atoms with Crippen molar-refractivity contribution in [1.29, 1.82) is 0 Å². The van der Waals surface area contributed by atoms with Gasteiger partial charge in [-0.05, 0) is 48.9 Å². The number of ether oxygens (including phenoxy) is 1. The molecule has 24 heavy (non-hydrogen) atoms. The minimum atomic E-state index is -3.90. The minimum absolute atomic E-state index is 0.0270. The van der Waals surface area contributed by atoms with E-state index >= 15 is 0 Å². The number of hydrogen-bond acceptors (Lipinski definition) is 4. The average molecular weight is 352 g/mol. The minimum Gasteiger partial charge on any atom is -0.495 e. The SMILES string of the molecule is COc1ccc(NS(=O)(=O)c2ccc(F)cc2C)cc1NC(C)=O. The maximum Gasteiger partial charge on any atom is 0.262 e. The molecule has 2 rings (SSSR count). The maximum absolute atomic E-state index is 13.2. The zero-order chi connectivity index (χ0) is 17.9. The summed E-state index contributed by atoms with van der Waals surface area (Å²) in [7, 11) is -2.46. The lowest BCUT2D eigenvalue weighted by Gasteiger charge is -2.14. The fraction of sp³-hybridized carbons (Fsp3) is 0.188. The molecule has 2 N–H and O–H groups in total. The van der Waals surface area contributed by atoms with E-state index in [-0.39, 0.29) is 22.1 Å². The Bertz CT molecular complexity index is 882. The molecule has 0 saturated heterocycles. The van der Waals surface area contributed by atoms with E-state index < -0.39 is 15.8 Å². The molecule has 0 heterocycles. The number of halogens is 1. The molecule has 8 heteroatoms. The molecule has 0 radical (unpaired) electrons. The molecule has 6 nitrogen and oxygen atoms in total. The molecule has 1 amide bonds. The van der Waals surface area contributed by atoms with Crippen LogP contribution in [-0.2, 0) is 14.8 Å². The van der Waals surface area contributed by atoms with Gasteiger partial charge >= 0.3 is 0 Å². The van der Waals surface area contributed by atoms with Crippen LogP contribution in [0.3, 0.4) is 0 Å². The number of rotatable bonds is 5. The molecule has 0 saturated carbocycles. The van der Waals surface area contributed by atoms with E-state index in [1.807, 2.05) is 0 Å². The van der Waals surface area contributed by atoms with Gasteiger partial charge in [0.05, 0.1) is 23.4 Å². The van der Waals surface area contributed by atoms with Gasteiger partial charge in [0.15, 0.2) is 0 Å². The molecule has 0 aromatic heterocycles. The third kappa shape index (κ3) is 4.02. The van der Waals surface area contributed by atoms with E-state index in [1.165, 1.54) is 45.2 Å². The Morgan fingerprint density at radius 1 is 1.17 bits per heavy atom. The average Bonchev–Trinajstić information content (AvgIpc) is 2.46. The van der Waals surface area contributed by atoms with E-state index in [9.17, 15) is 17.6 Å². The Balaban J connectivity index is 2.37. The predicted octanol–water partition coefficient (Wildman–Crippen LogP) is 2.90. The Labute approximate surface area is 139 Å². The van der Waals surface area contributed by atoms with Gasteiger partial charge in [-0.2, -0.15) is 0 Å². The number of methoxy groups -OCH3 is 1. The second-order valence-corrected chi connectivity index (χ2v) is 6.76. The monoisotopic (exact) mass is 352 g/mol. The fourth-order valence-electron chi connectivity index (χ4n) is 2.18.